The zero-order valence-corrected chi connectivity index (χ0v) is 8.00. The highest BCUT2D eigenvalue weighted by Gasteiger charge is 2.26. The fourth-order valence-corrected chi connectivity index (χ4v) is 1.42. The molecule has 0 saturated heterocycles. The third kappa shape index (κ3) is 2.31. The van der Waals surface area contributed by atoms with E-state index in [0.29, 0.717) is 0 Å². The van der Waals surface area contributed by atoms with Gasteiger partial charge < -0.3 is 0 Å². The zero-order valence-electron chi connectivity index (χ0n) is 8.00. The SMILES string of the molecule is N#CC(NC1CC1)c1cc(F)ccc1F. The maximum absolute atomic E-state index is 13.3. The molecule has 4 heteroatoms. The highest BCUT2D eigenvalue weighted by Crippen LogP contribution is 2.25. The van der Waals surface area contributed by atoms with Crippen LogP contribution in [0.3, 0.4) is 0 Å². The van der Waals surface area contributed by atoms with Crippen LogP contribution in [-0.2, 0) is 0 Å². The van der Waals surface area contributed by atoms with Gasteiger partial charge >= 0.3 is 0 Å². The molecular weight excluding hydrogens is 198 g/mol. The van der Waals surface area contributed by atoms with Gasteiger partial charge in [-0.2, -0.15) is 5.26 Å². The second-order valence-corrected chi connectivity index (χ2v) is 3.67. The molecule has 78 valence electrons. The Hall–Kier alpha value is -1.47. The summed E-state index contributed by atoms with van der Waals surface area (Å²) in [6, 6.07) is 4.62. The molecule has 0 radical (unpaired) electrons. The van der Waals surface area contributed by atoms with Gasteiger partial charge in [0.2, 0.25) is 0 Å². The van der Waals surface area contributed by atoms with Crippen LogP contribution in [0.4, 0.5) is 8.78 Å². The zero-order chi connectivity index (χ0) is 10.8. The lowest BCUT2D eigenvalue weighted by atomic mass is 10.1. The molecule has 0 bridgehead atoms. The molecule has 1 N–H and O–H groups in total. The first-order valence-corrected chi connectivity index (χ1v) is 4.81. The molecule has 0 heterocycles. The van der Waals surface area contributed by atoms with Gasteiger partial charge in [0, 0.05) is 11.6 Å². The first kappa shape index (κ1) is 10.1. The van der Waals surface area contributed by atoms with E-state index in [1.165, 1.54) is 0 Å². The van der Waals surface area contributed by atoms with Gasteiger partial charge in [-0.15, -0.1) is 0 Å². The number of nitriles is 1. The van der Waals surface area contributed by atoms with Crippen molar-refractivity contribution in [2.45, 2.75) is 24.9 Å². The highest BCUT2D eigenvalue weighted by atomic mass is 19.1. The minimum Gasteiger partial charge on any atom is -0.295 e. The minimum atomic E-state index is -0.756. The summed E-state index contributed by atoms with van der Waals surface area (Å²) in [7, 11) is 0. The number of hydrogen-bond acceptors (Lipinski definition) is 2. The van der Waals surface area contributed by atoms with Crippen molar-refractivity contribution in [2.24, 2.45) is 0 Å². The molecule has 2 nitrogen and oxygen atoms in total. The molecule has 15 heavy (non-hydrogen) atoms. The van der Waals surface area contributed by atoms with Gasteiger partial charge in [-0.3, -0.25) is 5.32 Å². The molecule has 1 fully saturated rings. The van der Waals surface area contributed by atoms with E-state index in [0.717, 1.165) is 31.0 Å². The van der Waals surface area contributed by atoms with E-state index >= 15 is 0 Å². The minimum absolute atomic E-state index is 0.0874. The summed E-state index contributed by atoms with van der Waals surface area (Å²) >= 11 is 0. The average Bonchev–Trinajstić information content (AvgIpc) is 3.02. The Morgan fingerprint density at radius 3 is 2.73 bits per heavy atom. The van der Waals surface area contributed by atoms with Gasteiger partial charge in [-0.05, 0) is 31.0 Å². The predicted molar refractivity (Wildman–Crippen MR) is 50.9 cm³/mol. The number of nitrogens with zero attached hydrogens (tertiary/aromatic N) is 1. The van der Waals surface area contributed by atoms with Crippen LogP contribution in [0.25, 0.3) is 0 Å². The summed E-state index contributed by atoms with van der Waals surface area (Å²) in [4.78, 5) is 0. The van der Waals surface area contributed by atoms with Crippen molar-refractivity contribution in [3.8, 4) is 6.07 Å². The monoisotopic (exact) mass is 208 g/mol. The van der Waals surface area contributed by atoms with E-state index in [4.69, 9.17) is 5.26 Å². The van der Waals surface area contributed by atoms with E-state index in [1.807, 2.05) is 6.07 Å². The van der Waals surface area contributed by atoms with Gasteiger partial charge in [-0.1, -0.05) is 0 Å². The molecule has 0 spiro atoms. The predicted octanol–water partition coefficient (Wildman–Crippen LogP) is 2.28. The van der Waals surface area contributed by atoms with Crippen LogP contribution in [0.1, 0.15) is 24.4 Å². The molecule has 0 aliphatic heterocycles. The van der Waals surface area contributed by atoms with Crippen molar-refractivity contribution >= 4 is 0 Å². The first-order chi connectivity index (χ1) is 7.20. The fraction of sp³-hybridized carbons (Fsp3) is 0.364. The maximum atomic E-state index is 13.3. The molecule has 1 aliphatic carbocycles. The van der Waals surface area contributed by atoms with Crippen LogP contribution in [-0.4, -0.2) is 6.04 Å². The Balaban J connectivity index is 2.24. The maximum Gasteiger partial charge on any atom is 0.129 e. The summed E-state index contributed by atoms with van der Waals surface area (Å²) < 4.78 is 26.2. The van der Waals surface area contributed by atoms with Crippen LogP contribution in [0.5, 0.6) is 0 Å². The summed E-state index contributed by atoms with van der Waals surface area (Å²) in [6.45, 7) is 0. The Morgan fingerprint density at radius 1 is 1.40 bits per heavy atom. The van der Waals surface area contributed by atoms with Crippen LogP contribution in [0, 0.1) is 23.0 Å². The summed E-state index contributed by atoms with van der Waals surface area (Å²) in [5.74, 6) is -1.07. The van der Waals surface area contributed by atoms with Gasteiger partial charge in [0.15, 0.2) is 0 Å². The first-order valence-electron chi connectivity index (χ1n) is 4.81. The lowest BCUT2D eigenvalue weighted by molar-refractivity contribution is 0.546. The highest BCUT2D eigenvalue weighted by molar-refractivity contribution is 5.27. The van der Waals surface area contributed by atoms with Crippen molar-refractivity contribution in [1.29, 1.82) is 5.26 Å². The Kier molecular flexibility index (Phi) is 2.65. The lowest BCUT2D eigenvalue weighted by Gasteiger charge is -2.11. The molecule has 1 aromatic carbocycles. The third-order valence-corrected chi connectivity index (χ3v) is 2.38. The smallest absolute Gasteiger partial charge is 0.129 e. The number of rotatable bonds is 3. The van der Waals surface area contributed by atoms with Crippen LogP contribution in [0.15, 0.2) is 18.2 Å². The van der Waals surface area contributed by atoms with E-state index in [1.54, 1.807) is 0 Å². The van der Waals surface area contributed by atoms with E-state index in [-0.39, 0.29) is 11.6 Å². The Bertz CT molecular complexity index is 408. The van der Waals surface area contributed by atoms with Gasteiger partial charge in [0.05, 0.1) is 6.07 Å². The lowest BCUT2D eigenvalue weighted by Crippen LogP contribution is -2.23. The van der Waals surface area contributed by atoms with Crippen molar-refractivity contribution in [1.82, 2.24) is 5.32 Å². The summed E-state index contributed by atoms with van der Waals surface area (Å²) in [5, 5.41) is 11.8. The van der Waals surface area contributed by atoms with Gasteiger partial charge in [0.1, 0.15) is 17.7 Å². The molecule has 0 amide bonds. The number of nitrogens with one attached hydrogen (secondary N) is 1. The molecule has 1 saturated carbocycles. The normalized spacial score (nSPS) is 17.1. The van der Waals surface area contributed by atoms with E-state index in [2.05, 4.69) is 5.32 Å². The van der Waals surface area contributed by atoms with Crippen LogP contribution < -0.4 is 5.32 Å². The van der Waals surface area contributed by atoms with E-state index in [9.17, 15) is 8.78 Å². The number of benzene rings is 1. The molecule has 1 unspecified atom stereocenters. The molecule has 1 atom stereocenters. The van der Waals surface area contributed by atoms with Crippen LogP contribution in [0.2, 0.25) is 0 Å². The fourth-order valence-electron chi connectivity index (χ4n) is 1.42. The third-order valence-electron chi connectivity index (χ3n) is 2.38. The standard InChI is InChI=1S/C11H10F2N2/c12-7-1-4-10(13)9(5-7)11(6-14)15-8-2-3-8/h1,4-5,8,11,15H,2-3H2. The summed E-state index contributed by atoms with van der Waals surface area (Å²) in [5.41, 5.74) is 0.0874. The van der Waals surface area contributed by atoms with Gasteiger partial charge in [-0.25, -0.2) is 8.78 Å². The molecule has 2 rings (SSSR count). The van der Waals surface area contributed by atoms with Crippen LogP contribution >= 0.6 is 0 Å². The molecule has 1 aromatic rings. The van der Waals surface area contributed by atoms with Crippen molar-refractivity contribution in [3.05, 3.63) is 35.4 Å². The largest absolute Gasteiger partial charge is 0.295 e. The quantitative estimate of drug-likeness (QED) is 0.827. The Labute approximate surface area is 86.5 Å². The molecule has 0 aromatic heterocycles. The van der Waals surface area contributed by atoms with Crippen molar-refractivity contribution < 1.29 is 8.78 Å². The van der Waals surface area contributed by atoms with E-state index < -0.39 is 17.7 Å². The number of halogens is 2. The summed E-state index contributed by atoms with van der Waals surface area (Å²) in [6.07, 6.45) is 1.99. The second kappa shape index (κ2) is 3.95. The van der Waals surface area contributed by atoms with Crippen molar-refractivity contribution in [3.63, 3.8) is 0 Å². The number of hydrogen-bond donors (Lipinski definition) is 1. The van der Waals surface area contributed by atoms with Crippen molar-refractivity contribution in [2.75, 3.05) is 0 Å². The molecular formula is C11H10F2N2. The average molecular weight is 208 g/mol. The van der Waals surface area contributed by atoms with Gasteiger partial charge in [0.25, 0.3) is 0 Å². The topological polar surface area (TPSA) is 35.8 Å². The Morgan fingerprint density at radius 2 is 2.13 bits per heavy atom. The second-order valence-electron chi connectivity index (χ2n) is 3.67. The molecule has 1 aliphatic rings.